The zero-order valence-corrected chi connectivity index (χ0v) is 8.52. The highest BCUT2D eigenvalue weighted by molar-refractivity contribution is 6.40. The van der Waals surface area contributed by atoms with Crippen molar-refractivity contribution in [2.45, 2.75) is 31.6 Å². The van der Waals surface area contributed by atoms with Crippen LogP contribution in [0.3, 0.4) is 0 Å². The van der Waals surface area contributed by atoms with E-state index < -0.39 is 19.1 Å². The Kier molecular flexibility index (Phi) is 2.74. The lowest BCUT2D eigenvalue weighted by molar-refractivity contribution is -0.140. The van der Waals surface area contributed by atoms with Gasteiger partial charge in [-0.2, -0.15) is 0 Å². The Balaban J connectivity index is 1.91. The number of nitrogens with one attached hydrogen (secondary N) is 1. The number of carbonyl (C=O) groups is 1. The number of carboxylic acid groups (broad SMARTS) is 1. The lowest BCUT2D eigenvalue weighted by Gasteiger charge is -2.15. The second-order valence-electron chi connectivity index (χ2n) is 4.67. The molecule has 1 aliphatic heterocycles. The second-order valence-corrected chi connectivity index (χ2v) is 4.67. The SMILES string of the molecule is O=C(O)C1NCCC12CC2CCB(O)O. The topological polar surface area (TPSA) is 89.8 Å². The first kappa shape index (κ1) is 10.9. The average molecular weight is 213 g/mol. The first-order chi connectivity index (χ1) is 7.06. The molecule has 0 aromatic heterocycles. The Hall–Kier alpha value is -0.585. The van der Waals surface area contributed by atoms with Crippen LogP contribution in [0.15, 0.2) is 0 Å². The largest absolute Gasteiger partial charge is 0.480 e. The smallest absolute Gasteiger partial charge is 0.451 e. The van der Waals surface area contributed by atoms with Crippen molar-refractivity contribution in [2.75, 3.05) is 6.54 Å². The Bertz CT molecular complexity index is 273. The maximum absolute atomic E-state index is 11.0. The minimum atomic E-state index is -1.26. The first-order valence-electron chi connectivity index (χ1n) is 5.38. The van der Waals surface area contributed by atoms with Gasteiger partial charge in [0.1, 0.15) is 6.04 Å². The van der Waals surface area contributed by atoms with Gasteiger partial charge in [-0.3, -0.25) is 4.79 Å². The molecule has 2 aliphatic rings. The predicted octanol–water partition coefficient (Wildman–Crippen LogP) is -0.698. The maximum atomic E-state index is 11.0. The maximum Gasteiger partial charge on any atom is 0.451 e. The lowest BCUT2D eigenvalue weighted by Crippen LogP contribution is -2.37. The molecule has 1 heterocycles. The van der Waals surface area contributed by atoms with Crippen molar-refractivity contribution >= 4 is 13.1 Å². The Morgan fingerprint density at radius 3 is 2.87 bits per heavy atom. The van der Waals surface area contributed by atoms with Crippen LogP contribution in [0.2, 0.25) is 6.32 Å². The van der Waals surface area contributed by atoms with Crippen LogP contribution in [0.1, 0.15) is 19.3 Å². The summed E-state index contributed by atoms with van der Waals surface area (Å²) in [5, 5.41) is 29.5. The molecule has 2 fully saturated rings. The molecule has 0 radical (unpaired) electrons. The van der Waals surface area contributed by atoms with Gasteiger partial charge < -0.3 is 20.5 Å². The van der Waals surface area contributed by atoms with Gasteiger partial charge in [0.2, 0.25) is 0 Å². The minimum absolute atomic E-state index is 0.0965. The molecule has 1 saturated carbocycles. The highest BCUT2D eigenvalue weighted by Gasteiger charge is 2.62. The quantitative estimate of drug-likeness (QED) is 0.464. The van der Waals surface area contributed by atoms with Gasteiger partial charge in [-0.15, -0.1) is 0 Å². The molecule has 0 aromatic carbocycles. The zero-order chi connectivity index (χ0) is 11.1. The van der Waals surface area contributed by atoms with Crippen molar-refractivity contribution in [3.8, 4) is 0 Å². The van der Waals surface area contributed by atoms with Gasteiger partial charge >= 0.3 is 13.1 Å². The number of aliphatic carboxylic acids is 1. The summed E-state index contributed by atoms with van der Waals surface area (Å²) in [7, 11) is -1.26. The van der Waals surface area contributed by atoms with Crippen LogP contribution in [0.4, 0.5) is 0 Å². The molecule has 3 atom stereocenters. The van der Waals surface area contributed by atoms with Gasteiger partial charge in [-0.25, -0.2) is 0 Å². The Labute approximate surface area is 88.6 Å². The highest BCUT2D eigenvalue weighted by atomic mass is 16.4. The van der Waals surface area contributed by atoms with Crippen LogP contribution >= 0.6 is 0 Å². The molecule has 2 rings (SSSR count). The van der Waals surface area contributed by atoms with Gasteiger partial charge in [0.15, 0.2) is 0 Å². The van der Waals surface area contributed by atoms with Crippen LogP contribution in [-0.2, 0) is 4.79 Å². The van der Waals surface area contributed by atoms with E-state index in [1.807, 2.05) is 0 Å². The van der Waals surface area contributed by atoms with E-state index in [1.165, 1.54) is 0 Å². The van der Waals surface area contributed by atoms with E-state index in [2.05, 4.69) is 5.32 Å². The summed E-state index contributed by atoms with van der Waals surface area (Å²) in [6.45, 7) is 0.759. The van der Waals surface area contributed by atoms with Gasteiger partial charge in [0.25, 0.3) is 0 Å². The first-order valence-corrected chi connectivity index (χ1v) is 5.38. The number of hydrogen-bond donors (Lipinski definition) is 4. The molecule has 1 aliphatic carbocycles. The summed E-state index contributed by atoms with van der Waals surface area (Å²) in [5.41, 5.74) is -0.0965. The molecular formula is C9H16BNO4. The third-order valence-electron chi connectivity index (χ3n) is 3.81. The van der Waals surface area contributed by atoms with Crippen LogP contribution < -0.4 is 5.32 Å². The summed E-state index contributed by atoms with van der Waals surface area (Å²) in [6, 6.07) is -0.432. The molecule has 3 unspecified atom stereocenters. The van der Waals surface area contributed by atoms with E-state index in [4.69, 9.17) is 15.2 Å². The fourth-order valence-electron chi connectivity index (χ4n) is 2.93. The van der Waals surface area contributed by atoms with Crippen molar-refractivity contribution in [2.24, 2.45) is 11.3 Å². The second kappa shape index (κ2) is 3.77. The monoisotopic (exact) mass is 213 g/mol. The van der Waals surface area contributed by atoms with Crippen molar-refractivity contribution < 1.29 is 19.9 Å². The summed E-state index contributed by atoms with van der Waals surface area (Å²) in [5.74, 6) is -0.435. The summed E-state index contributed by atoms with van der Waals surface area (Å²) < 4.78 is 0. The molecular weight excluding hydrogens is 197 g/mol. The molecule has 0 aromatic rings. The van der Waals surface area contributed by atoms with Crippen LogP contribution in [0.5, 0.6) is 0 Å². The Morgan fingerprint density at radius 2 is 2.27 bits per heavy atom. The molecule has 0 bridgehead atoms. The van der Waals surface area contributed by atoms with Crippen molar-refractivity contribution in [3.63, 3.8) is 0 Å². The summed E-state index contributed by atoms with van der Waals surface area (Å²) in [4.78, 5) is 11.0. The molecule has 15 heavy (non-hydrogen) atoms. The van der Waals surface area contributed by atoms with Crippen molar-refractivity contribution in [1.82, 2.24) is 5.32 Å². The number of hydrogen-bond acceptors (Lipinski definition) is 4. The zero-order valence-electron chi connectivity index (χ0n) is 8.52. The minimum Gasteiger partial charge on any atom is -0.480 e. The third-order valence-corrected chi connectivity index (χ3v) is 3.81. The summed E-state index contributed by atoms with van der Waals surface area (Å²) >= 11 is 0. The Morgan fingerprint density at radius 1 is 1.53 bits per heavy atom. The van der Waals surface area contributed by atoms with E-state index in [-0.39, 0.29) is 5.41 Å². The van der Waals surface area contributed by atoms with Crippen LogP contribution in [0.25, 0.3) is 0 Å². The van der Waals surface area contributed by atoms with Crippen molar-refractivity contribution in [1.29, 1.82) is 0 Å². The van der Waals surface area contributed by atoms with Gasteiger partial charge in [0.05, 0.1) is 0 Å². The van der Waals surface area contributed by atoms with Gasteiger partial charge in [0, 0.05) is 5.41 Å². The molecule has 0 amide bonds. The summed E-state index contributed by atoms with van der Waals surface area (Å²) in [6.07, 6.45) is 2.86. The van der Waals surface area contributed by atoms with E-state index in [9.17, 15) is 4.79 Å². The fourth-order valence-corrected chi connectivity index (χ4v) is 2.93. The lowest BCUT2D eigenvalue weighted by atomic mass is 9.81. The molecule has 4 N–H and O–H groups in total. The highest BCUT2D eigenvalue weighted by Crippen LogP contribution is 2.61. The number of rotatable bonds is 4. The molecule has 6 heteroatoms. The standard InChI is InChI=1S/C9H16BNO4/c12-8(13)7-9(2-4-11-7)5-6(9)1-3-10(14)15/h6-7,11,14-15H,1-5H2,(H,12,13). The molecule has 1 saturated heterocycles. The van der Waals surface area contributed by atoms with E-state index in [0.717, 1.165) is 19.4 Å². The van der Waals surface area contributed by atoms with Gasteiger partial charge in [-0.05, 0) is 31.6 Å². The van der Waals surface area contributed by atoms with Crippen molar-refractivity contribution in [3.05, 3.63) is 0 Å². The normalized spacial score (nSPS) is 38.3. The molecule has 84 valence electrons. The third kappa shape index (κ3) is 1.89. The molecule has 1 spiro atoms. The predicted molar refractivity (Wildman–Crippen MR) is 54.2 cm³/mol. The average Bonchev–Trinajstić information content (AvgIpc) is 2.62. The van der Waals surface area contributed by atoms with Crippen LogP contribution in [-0.4, -0.2) is 40.8 Å². The number of carboxylic acids is 1. The van der Waals surface area contributed by atoms with Crippen LogP contribution in [0, 0.1) is 11.3 Å². The molecule has 5 nitrogen and oxygen atoms in total. The van der Waals surface area contributed by atoms with Gasteiger partial charge in [-0.1, -0.05) is 6.42 Å². The van der Waals surface area contributed by atoms with E-state index >= 15 is 0 Å². The fraction of sp³-hybridized carbons (Fsp3) is 0.889. The van der Waals surface area contributed by atoms with E-state index in [1.54, 1.807) is 0 Å². The van der Waals surface area contributed by atoms with E-state index in [0.29, 0.717) is 18.7 Å².